The standard InChI is InChI=1S/C16H16BrCl2NO/c1-3-20-16(12-9-11(18)5-6-13(12)17)10-4-7-15(21-2)14(19)8-10/h4-9,16,20H,3H2,1-2H3. The van der Waals surface area contributed by atoms with Gasteiger partial charge in [-0.05, 0) is 48.0 Å². The first-order valence-corrected chi connectivity index (χ1v) is 8.13. The number of rotatable bonds is 5. The lowest BCUT2D eigenvalue weighted by Crippen LogP contribution is -2.22. The van der Waals surface area contributed by atoms with Gasteiger partial charge >= 0.3 is 0 Å². The van der Waals surface area contributed by atoms with Gasteiger partial charge in [-0.25, -0.2) is 0 Å². The molecule has 21 heavy (non-hydrogen) atoms. The molecule has 5 heteroatoms. The molecule has 1 unspecified atom stereocenters. The molecular weight excluding hydrogens is 373 g/mol. The maximum absolute atomic E-state index is 6.24. The van der Waals surface area contributed by atoms with Gasteiger partial charge in [0.15, 0.2) is 0 Å². The van der Waals surface area contributed by atoms with Crippen LogP contribution in [0.2, 0.25) is 10.0 Å². The van der Waals surface area contributed by atoms with Crippen molar-refractivity contribution in [1.82, 2.24) is 5.32 Å². The van der Waals surface area contributed by atoms with Crippen LogP contribution in [-0.2, 0) is 0 Å². The van der Waals surface area contributed by atoms with E-state index >= 15 is 0 Å². The molecule has 0 aromatic heterocycles. The van der Waals surface area contributed by atoms with Crippen LogP contribution in [0.15, 0.2) is 40.9 Å². The predicted molar refractivity (Wildman–Crippen MR) is 92.7 cm³/mol. The predicted octanol–water partition coefficient (Wildman–Crippen LogP) is 5.46. The smallest absolute Gasteiger partial charge is 0.137 e. The summed E-state index contributed by atoms with van der Waals surface area (Å²) >= 11 is 16.0. The van der Waals surface area contributed by atoms with Gasteiger partial charge in [-0.15, -0.1) is 0 Å². The normalized spacial score (nSPS) is 12.2. The Morgan fingerprint density at radius 3 is 2.57 bits per heavy atom. The van der Waals surface area contributed by atoms with Gasteiger partial charge in [0.2, 0.25) is 0 Å². The topological polar surface area (TPSA) is 21.3 Å². The zero-order valence-corrected chi connectivity index (χ0v) is 14.9. The van der Waals surface area contributed by atoms with Gasteiger partial charge in [0.1, 0.15) is 5.75 Å². The van der Waals surface area contributed by atoms with Crippen molar-refractivity contribution in [3.8, 4) is 5.75 Å². The highest BCUT2D eigenvalue weighted by Crippen LogP contribution is 2.34. The minimum Gasteiger partial charge on any atom is -0.495 e. The second-order valence-electron chi connectivity index (χ2n) is 4.55. The van der Waals surface area contributed by atoms with Gasteiger partial charge in [0.25, 0.3) is 0 Å². The third-order valence-corrected chi connectivity index (χ3v) is 4.44. The van der Waals surface area contributed by atoms with Gasteiger partial charge < -0.3 is 10.1 Å². The molecule has 0 fully saturated rings. The molecule has 1 N–H and O–H groups in total. The Hall–Kier alpha value is -0.740. The quantitative estimate of drug-likeness (QED) is 0.733. The Morgan fingerprint density at radius 2 is 1.95 bits per heavy atom. The van der Waals surface area contributed by atoms with Crippen LogP contribution in [0, 0.1) is 0 Å². The maximum Gasteiger partial charge on any atom is 0.137 e. The first-order valence-electron chi connectivity index (χ1n) is 6.58. The number of hydrogen-bond acceptors (Lipinski definition) is 2. The molecule has 2 aromatic carbocycles. The summed E-state index contributed by atoms with van der Waals surface area (Å²) in [5.41, 5.74) is 2.14. The highest BCUT2D eigenvalue weighted by atomic mass is 79.9. The molecule has 0 aliphatic rings. The first-order chi connectivity index (χ1) is 10.1. The number of methoxy groups -OCH3 is 1. The van der Waals surface area contributed by atoms with E-state index in [2.05, 4.69) is 28.2 Å². The number of ether oxygens (including phenoxy) is 1. The number of benzene rings is 2. The average molecular weight is 389 g/mol. The van der Waals surface area contributed by atoms with E-state index < -0.39 is 0 Å². The largest absolute Gasteiger partial charge is 0.495 e. The number of halogens is 3. The van der Waals surface area contributed by atoms with Crippen LogP contribution in [0.1, 0.15) is 24.1 Å². The van der Waals surface area contributed by atoms with Gasteiger partial charge in [-0.1, -0.05) is 52.1 Å². The molecule has 0 bridgehead atoms. The molecule has 2 rings (SSSR count). The highest BCUT2D eigenvalue weighted by molar-refractivity contribution is 9.10. The summed E-state index contributed by atoms with van der Waals surface area (Å²) in [7, 11) is 1.61. The molecular formula is C16H16BrCl2NO. The average Bonchev–Trinajstić information content (AvgIpc) is 2.47. The second-order valence-corrected chi connectivity index (χ2v) is 6.25. The van der Waals surface area contributed by atoms with Crippen LogP contribution in [0.25, 0.3) is 0 Å². The van der Waals surface area contributed by atoms with Crippen LogP contribution in [0.3, 0.4) is 0 Å². The molecule has 0 radical (unpaired) electrons. The fourth-order valence-corrected chi connectivity index (χ4v) is 3.13. The SMILES string of the molecule is CCNC(c1ccc(OC)c(Cl)c1)c1cc(Cl)ccc1Br. The molecule has 2 aromatic rings. The van der Waals surface area contributed by atoms with E-state index in [0.717, 1.165) is 22.1 Å². The molecule has 0 aliphatic carbocycles. The second kappa shape index (κ2) is 7.50. The summed E-state index contributed by atoms with van der Waals surface area (Å²) < 4.78 is 6.21. The summed E-state index contributed by atoms with van der Waals surface area (Å²) in [4.78, 5) is 0. The van der Waals surface area contributed by atoms with E-state index in [9.17, 15) is 0 Å². The van der Waals surface area contributed by atoms with E-state index in [1.165, 1.54) is 0 Å². The minimum absolute atomic E-state index is 0.00600. The first kappa shape index (κ1) is 16.6. The Morgan fingerprint density at radius 1 is 1.19 bits per heavy atom. The number of nitrogens with one attached hydrogen (secondary N) is 1. The third kappa shape index (κ3) is 3.92. The van der Waals surface area contributed by atoms with E-state index in [-0.39, 0.29) is 6.04 Å². The number of hydrogen-bond donors (Lipinski definition) is 1. The van der Waals surface area contributed by atoms with E-state index in [1.54, 1.807) is 7.11 Å². The van der Waals surface area contributed by atoms with Crippen molar-refractivity contribution in [2.45, 2.75) is 13.0 Å². The highest BCUT2D eigenvalue weighted by Gasteiger charge is 2.17. The summed E-state index contributed by atoms with van der Waals surface area (Å²) in [5, 5.41) is 4.76. The molecule has 0 amide bonds. The van der Waals surface area contributed by atoms with Gasteiger partial charge in [0, 0.05) is 9.50 Å². The van der Waals surface area contributed by atoms with Crippen molar-refractivity contribution in [1.29, 1.82) is 0 Å². The van der Waals surface area contributed by atoms with Crippen LogP contribution in [0.5, 0.6) is 5.75 Å². The van der Waals surface area contributed by atoms with Crippen LogP contribution >= 0.6 is 39.1 Å². The third-order valence-electron chi connectivity index (χ3n) is 3.19. The van der Waals surface area contributed by atoms with Crippen LogP contribution < -0.4 is 10.1 Å². The van der Waals surface area contributed by atoms with Gasteiger partial charge in [0.05, 0.1) is 18.2 Å². The maximum atomic E-state index is 6.24. The molecule has 1 atom stereocenters. The fourth-order valence-electron chi connectivity index (χ4n) is 2.21. The fraction of sp³-hybridized carbons (Fsp3) is 0.250. The molecule has 0 spiro atoms. The lowest BCUT2D eigenvalue weighted by atomic mass is 9.98. The zero-order valence-electron chi connectivity index (χ0n) is 11.8. The van der Waals surface area contributed by atoms with Crippen molar-refractivity contribution in [3.63, 3.8) is 0 Å². The lowest BCUT2D eigenvalue weighted by Gasteiger charge is -2.21. The van der Waals surface area contributed by atoms with Gasteiger partial charge in [-0.3, -0.25) is 0 Å². The minimum atomic E-state index is 0.00600. The van der Waals surface area contributed by atoms with E-state index in [1.807, 2.05) is 36.4 Å². The van der Waals surface area contributed by atoms with Crippen molar-refractivity contribution >= 4 is 39.1 Å². The molecule has 0 heterocycles. The molecule has 0 saturated carbocycles. The van der Waals surface area contributed by atoms with Crippen molar-refractivity contribution in [2.75, 3.05) is 13.7 Å². The van der Waals surface area contributed by atoms with Crippen molar-refractivity contribution < 1.29 is 4.74 Å². The monoisotopic (exact) mass is 387 g/mol. The summed E-state index contributed by atoms with van der Waals surface area (Å²) in [6.45, 7) is 2.89. The Kier molecular flexibility index (Phi) is 5.94. The van der Waals surface area contributed by atoms with Crippen molar-refractivity contribution in [2.24, 2.45) is 0 Å². The van der Waals surface area contributed by atoms with Crippen LogP contribution in [0.4, 0.5) is 0 Å². The Balaban J connectivity index is 2.48. The lowest BCUT2D eigenvalue weighted by molar-refractivity contribution is 0.414. The van der Waals surface area contributed by atoms with E-state index in [0.29, 0.717) is 15.8 Å². The molecule has 112 valence electrons. The van der Waals surface area contributed by atoms with Crippen LogP contribution in [-0.4, -0.2) is 13.7 Å². The molecule has 0 aliphatic heterocycles. The zero-order chi connectivity index (χ0) is 15.4. The summed E-state index contributed by atoms with van der Waals surface area (Å²) in [6, 6.07) is 11.6. The summed E-state index contributed by atoms with van der Waals surface area (Å²) in [6.07, 6.45) is 0. The van der Waals surface area contributed by atoms with Crippen molar-refractivity contribution in [3.05, 3.63) is 62.0 Å². The van der Waals surface area contributed by atoms with Gasteiger partial charge in [-0.2, -0.15) is 0 Å². The summed E-state index contributed by atoms with van der Waals surface area (Å²) in [5.74, 6) is 0.667. The Labute approximate surface area is 143 Å². The van der Waals surface area contributed by atoms with E-state index in [4.69, 9.17) is 27.9 Å². The Bertz CT molecular complexity index is 634. The molecule has 2 nitrogen and oxygen atoms in total. The molecule has 0 saturated heterocycles.